The smallest absolute Gasteiger partial charge is 0.185 e. The first-order chi connectivity index (χ1) is 7.61. The lowest BCUT2D eigenvalue weighted by Crippen LogP contribution is -2.24. The second-order valence-corrected chi connectivity index (χ2v) is 6.37. The lowest BCUT2D eigenvalue weighted by atomic mass is 9.85. The number of hydrogen-bond acceptors (Lipinski definition) is 4. The van der Waals surface area contributed by atoms with Gasteiger partial charge in [0.2, 0.25) is 0 Å². The van der Waals surface area contributed by atoms with Crippen LogP contribution in [-0.2, 0) is 6.61 Å². The average molecular weight is 240 g/mol. The van der Waals surface area contributed by atoms with Gasteiger partial charge >= 0.3 is 0 Å². The Bertz CT molecular complexity index is 349. The summed E-state index contributed by atoms with van der Waals surface area (Å²) in [5.41, 5.74) is 0.464. The number of rotatable bonds is 2. The van der Waals surface area contributed by atoms with Gasteiger partial charge < -0.3 is 10.0 Å². The second kappa shape index (κ2) is 4.72. The molecule has 0 aliphatic carbocycles. The lowest BCUT2D eigenvalue weighted by molar-refractivity contribution is 0.285. The molecule has 1 aliphatic heterocycles. The molecule has 0 spiro atoms. The van der Waals surface area contributed by atoms with E-state index in [2.05, 4.69) is 23.7 Å². The summed E-state index contributed by atoms with van der Waals surface area (Å²) in [6.07, 6.45) is 5.54. The third-order valence-electron chi connectivity index (χ3n) is 3.31. The van der Waals surface area contributed by atoms with Gasteiger partial charge in [0.25, 0.3) is 0 Å². The van der Waals surface area contributed by atoms with Crippen LogP contribution < -0.4 is 4.90 Å². The molecule has 0 unspecified atom stereocenters. The molecule has 0 amide bonds. The van der Waals surface area contributed by atoms with Crippen molar-refractivity contribution in [2.45, 2.75) is 39.7 Å². The van der Waals surface area contributed by atoms with E-state index in [1.54, 1.807) is 17.5 Å². The topological polar surface area (TPSA) is 36.4 Å². The summed E-state index contributed by atoms with van der Waals surface area (Å²) in [5, 5.41) is 10.1. The van der Waals surface area contributed by atoms with E-state index in [-0.39, 0.29) is 6.61 Å². The largest absolute Gasteiger partial charge is 0.391 e. The van der Waals surface area contributed by atoms with Crippen LogP contribution in [0.2, 0.25) is 0 Å². The van der Waals surface area contributed by atoms with Crippen molar-refractivity contribution in [1.29, 1.82) is 0 Å². The Morgan fingerprint density at radius 2 is 2.25 bits per heavy atom. The van der Waals surface area contributed by atoms with Crippen molar-refractivity contribution in [1.82, 2.24) is 4.98 Å². The third-order valence-corrected chi connectivity index (χ3v) is 4.35. The zero-order valence-electron chi connectivity index (χ0n) is 10.1. The highest BCUT2D eigenvalue weighted by molar-refractivity contribution is 7.15. The third kappa shape index (κ3) is 2.74. The molecule has 0 radical (unpaired) electrons. The fraction of sp³-hybridized carbons (Fsp3) is 0.750. The van der Waals surface area contributed by atoms with Gasteiger partial charge in [-0.1, -0.05) is 25.2 Å². The number of aliphatic hydroxyl groups is 1. The molecule has 4 heteroatoms. The molecule has 1 N–H and O–H groups in total. The van der Waals surface area contributed by atoms with E-state index in [4.69, 9.17) is 5.11 Å². The summed E-state index contributed by atoms with van der Waals surface area (Å²) in [4.78, 5) is 7.70. The zero-order valence-corrected chi connectivity index (χ0v) is 10.9. The predicted molar refractivity (Wildman–Crippen MR) is 67.9 cm³/mol. The minimum Gasteiger partial charge on any atom is -0.391 e. The van der Waals surface area contributed by atoms with Crippen molar-refractivity contribution < 1.29 is 5.11 Å². The molecule has 1 aromatic rings. The number of anilines is 1. The lowest BCUT2D eigenvalue weighted by Gasteiger charge is -2.22. The standard InChI is InChI=1S/C12H20N2OS/c1-12(2)4-3-6-14(7-5-12)11-13-8-10(9-15)16-11/h8,15H,3-7,9H2,1-2H3. The monoisotopic (exact) mass is 240 g/mol. The molecule has 2 heterocycles. The van der Waals surface area contributed by atoms with Gasteiger partial charge in [-0.2, -0.15) is 0 Å². The Labute approximate surface area is 101 Å². The van der Waals surface area contributed by atoms with Crippen LogP contribution >= 0.6 is 11.3 Å². The molecule has 1 fully saturated rings. The number of hydrogen-bond donors (Lipinski definition) is 1. The van der Waals surface area contributed by atoms with Crippen molar-refractivity contribution >= 4 is 16.5 Å². The molecule has 90 valence electrons. The summed E-state index contributed by atoms with van der Waals surface area (Å²) >= 11 is 1.61. The van der Waals surface area contributed by atoms with Crippen LogP contribution in [0, 0.1) is 5.41 Å². The van der Waals surface area contributed by atoms with E-state index in [1.807, 2.05) is 0 Å². The number of thiazole rings is 1. The van der Waals surface area contributed by atoms with Crippen LogP contribution in [0.15, 0.2) is 6.20 Å². The maximum Gasteiger partial charge on any atom is 0.185 e. The Morgan fingerprint density at radius 3 is 2.94 bits per heavy atom. The van der Waals surface area contributed by atoms with E-state index >= 15 is 0 Å². The van der Waals surface area contributed by atoms with Crippen molar-refractivity contribution in [3.8, 4) is 0 Å². The van der Waals surface area contributed by atoms with Gasteiger partial charge in [0, 0.05) is 19.3 Å². The van der Waals surface area contributed by atoms with Gasteiger partial charge in [0.1, 0.15) is 0 Å². The molecule has 0 bridgehead atoms. The molecular formula is C12H20N2OS. The first-order valence-corrected chi connectivity index (χ1v) is 6.73. The van der Waals surface area contributed by atoms with Crippen LogP contribution in [0.25, 0.3) is 0 Å². The van der Waals surface area contributed by atoms with Crippen LogP contribution in [0.5, 0.6) is 0 Å². The SMILES string of the molecule is CC1(C)CCCN(c2ncc(CO)s2)CC1. The first-order valence-electron chi connectivity index (χ1n) is 5.91. The van der Waals surface area contributed by atoms with Gasteiger partial charge in [-0.05, 0) is 24.7 Å². The van der Waals surface area contributed by atoms with E-state index in [1.165, 1.54) is 19.3 Å². The van der Waals surface area contributed by atoms with E-state index in [9.17, 15) is 0 Å². The molecule has 1 aliphatic rings. The highest BCUT2D eigenvalue weighted by Gasteiger charge is 2.24. The Morgan fingerprint density at radius 1 is 1.44 bits per heavy atom. The molecule has 0 aromatic carbocycles. The molecule has 0 atom stereocenters. The fourth-order valence-electron chi connectivity index (χ4n) is 2.13. The summed E-state index contributed by atoms with van der Waals surface area (Å²) < 4.78 is 0. The van der Waals surface area contributed by atoms with Crippen LogP contribution in [0.1, 0.15) is 38.0 Å². The fourth-order valence-corrected chi connectivity index (χ4v) is 2.95. The molecule has 2 rings (SSSR count). The van der Waals surface area contributed by atoms with Crippen LogP contribution in [0.4, 0.5) is 5.13 Å². The van der Waals surface area contributed by atoms with Gasteiger partial charge in [-0.3, -0.25) is 0 Å². The van der Waals surface area contributed by atoms with Crippen molar-refractivity contribution in [2.75, 3.05) is 18.0 Å². The minimum absolute atomic E-state index is 0.108. The van der Waals surface area contributed by atoms with Gasteiger partial charge in [0.05, 0.1) is 11.5 Å². The Hall–Kier alpha value is -0.610. The number of aliphatic hydroxyl groups excluding tert-OH is 1. The first kappa shape index (κ1) is 11.9. The van der Waals surface area contributed by atoms with Crippen molar-refractivity contribution in [3.63, 3.8) is 0 Å². The summed E-state index contributed by atoms with van der Waals surface area (Å²) in [7, 11) is 0. The van der Waals surface area contributed by atoms with Gasteiger partial charge in [0.15, 0.2) is 5.13 Å². The normalized spacial score (nSPS) is 20.8. The van der Waals surface area contributed by atoms with E-state index in [0.717, 1.165) is 23.1 Å². The molecule has 1 saturated heterocycles. The maximum absolute atomic E-state index is 9.04. The van der Waals surface area contributed by atoms with Crippen LogP contribution in [-0.4, -0.2) is 23.2 Å². The number of aromatic nitrogens is 1. The van der Waals surface area contributed by atoms with E-state index < -0.39 is 0 Å². The second-order valence-electron chi connectivity index (χ2n) is 5.27. The summed E-state index contributed by atoms with van der Waals surface area (Å²) in [5.74, 6) is 0. The van der Waals surface area contributed by atoms with Crippen molar-refractivity contribution in [3.05, 3.63) is 11.1 Å². The van der Waals surface area contributed by atoms with Gasteiger partial charge in [-0.25, -0.2) is 4.98 Å². The quantitative estimate of drug-likeness (QED) is 0.863. The average Bonchev–Trinajstić information content (AvgIpc) is 2.64. The maximum atomic E-state index is 9.04. The minimum atomic E-state index is 0.108. The molecule has 16 heavy (non-hydrogen) atoms. The zero-order chi connectivity index (χ0) is 11.6. The molecule has 3 nitrogen and oxygen atoms in total. The summed E-state index contributed by atoms with van der Waals surface area (Å²) in [6.45, 7) is 6.99. The molecule has 1 aromatic heterocycles. The Kier molecular flexibility index (Phi) is 3.50. The van der Waals surface area contributed by atoms with Crippen molar-refractivity contribution in [2.24, 2.45) is 5.41 Å². The van der Waals surface area contributed by atoms with Gasteiger partial charge in [-0.15, -0.1) is 0 Å². The highest BCUT2D eigenvalue weighted by atomic mass is 32.1. The highest BCUT2D eigenvalue weighted by Crippen LogP contribution is 2.32. The summed E-state index contributed by atoms with van der Waals surface area (Å²) in [6, 6.07) is 0. The molecule has 0 saturated carbocycles. The Balaban J connectivity index is 2.04. The molecular weight excluding hydrogens is 220 g/mol. The van der Waals surface area contributed by atoms with Crippen LogP contribution in [0.3, 0.4) is 0 Å². The number of nitrogens with zero attached hydrogens (tertiary/aromatic N) is 2. The predicted octanol–water partition coefficient (Wildman–Crippen LogP) is 2.65. The van der Waals surface area contributed by atoms with E-state index in [0.29, 0.717) is 5.41 Å².